The third-order valence-corrected chi connectivity index (χ3v) is 4.16. The highest BCUT2D eigenvalue weighted by molar-refractivity contribution is 7.99. The fourth-order valence-corrected chi connectivity index (χ4v) is 2.99. The van der Waals surface area contributed by atoms with E-state index in [9.17, 15) is 0 Å². The smallest absolute Gasteiger partial charge is 0.138 e. The van der Waals surface area contributed by atoms with Gasteiger partial charge in [0.05, 0.1) is 5.69 Å². The Labute approximate surface area is 128 Å². The fraction of sp³-hybridized carbons (Fsp3) is 0.250. The van der Waals surface area contributed by atoms with Crippen LogP contribution in [0.1, 0.15) is 19.5 Å². The molecule has 0 amide bonds. The van der Waals surface area contributed by atoms with E-state index in [1.54, 1.807) is 11.8 Å². The third-order valence-electron chi connectivity index (χ3n) is 3.13. The maximum absolute atomic E-state index is 4.75. The van der Waals surface area contributed by atoms with E-state index in [-0.39, 0.29) is 0 Å². The average Bonchev–Trinajstić information content (AvgIpc) is 2.83. The van der Waals surface area contributed by atoms with Gasteiger partial charge in [-0.3, -0.25) is 4.98 Å². The molecule has 0 spiro atoms. The van der Waals surface area contributed by atoms with E-state index in [2.05, 4.69) is 34.7 Å². The van der Waals surface area contributed by atoms with Gasteiger partial charge in [-0.1, -0.05) is 31.7 Å². The van der Waals surface area contributed by atoms with Crippen molar-refractivity contribution < 1.29 is 0 Å². The SMILES string of the molecule is CC(C)NCc1c(Sc2ccncc2)nc2ccccn12. The molecule has 0 saturated carbocycles. The zero-order chi connectivity index (χ0) is 14.7. The average molecular weight is 298 g/mol. The number of aromatic nitrogens is 3. The largest absolute Gasteiger partial charge is 0.309 e. The lowest BCUT2D eigenvalue weighted by atomic mass is 10.3. The number of pyridine rings is 2. The van der Waals surface area contributed by atoms with Crippen molar-refractivity contribution in [3.05, 3.63) is 54.6 Å². The molecule has 3 heterocycles. The summed E-state index contributed by atoms with van der Waals surface area (Å²) in [5, 5.41) is 4.52. The predicted octanol–water partition coefficient (Wildman–Crippen LogP) is 3.38. The Bertz CT molecular complexity index is 721. The first kappa shape index (κ1) is 14.1. The standard InChI is InChI=1S/C16H18N4S/c1-12(2)18-11-14-16(21-13-6-8-17-9-7-13)19-15-5-3-4-10-20(14)15/h3-10,12,18H,11H2,1-2H3. The summed E-state index contributed by atoms with van der Waals surface area (Å²) in [4.78, 5) is 9.96. The van der Waals surface area contributed by atoms with Crippen LogP contribution in [0.2, 0.25) is 0 Å². The second-order valence-corrected chi connectivity index (χ2v) is 6.18. The molecule has 4 nitrogen and oxygen atoms in total. The fourth-order valence-electron chi connectivity index (χ4n) is 2.09. The van der Waals surface area contributed by atoms with Gasteiger partial charge in [0, 0.05) is 36.1 Å². The van der Waals surface area contributed by atoms with Crippen molar-refractivity contribution in [2.24, 2.45) is 0 Å². The molecule has 0 atom stereocenters. The predicted molar refractivity (Wildman–Crippen MR) is 85.5 cm³/mol. The lowest BCUT2D eigenvalue weighted by molar-refractivity contribution is 0.574. The summed E-state index contributed by atoms with van der Waals surface area (Å²) in [6.45, 7) is 5.11. The Balaban J connectivity index is 1.97. The Hall–Kier alpha value is -1.85. The van der Waals surface area contributed by atoms with Crippen LogP contribution in [0.15, 0.2) is 58.8 Å². The van der Waals surface area contributed by atoms with Crippen LogP contribution in [0.5, 0.6) is 0 Å². The van der Waals surface area contributed by atoms with E-state index in [1.165, 1.54) is 5.69 Å². The number of rotatable bonds is 5. The van der Waals surface area contributed by atoms with E-state index in [0.29, 0.717) is 6.04 Å². The Morgan fingerprint density at radius 2 is 2.00 bits per heavy atom. The van der Waals surface area contributed by atoms with E-state index in [0.717, 1.165) is 22.1 Å². The molecular weight excluding hydrogens is 280 g/mol. The molecule has 3 aromatic heterocycles. The van der Waals surface area contributed by atoms with Crippen molar-refractivity contribution in [3.63, 3.8) is 0 Å². The van der Waals surface area contributed by atoms with E-state index >= 15 is 0 Å². The highest BCUT2D eigenvalue weighted by Gasteiger charge is 2.13. The van der Waals surface area contributed by atoms with E-state index in [4.69, 9.17) is 4.98 Å². The summed E-state index contributed by atoms with van der Waals surface area (Å²) in [6.07, 6.45) is 5.69. The molecule has 0 aliphatic rings. The van der Waals surface area contributed by atoms with Gasteiger partial charge in [0.25, 0.3) is 0 Å². The molecule has 0 bridgehead atoms. The van der Waals surface area contributed by atoms with Crippen LogP contribution in [-0.4, -0.2) is 20.4 Å². The Morgan fingerprint density at radius 3 is 2.76 bits per heavy atom. The summed E-state index contributed by atoms with van der Waals surface area (Å²) < 4.78 is 2.15. The number of hydrogen-bond acceptors (Lipinski definition) is 4. The summed E-state index contributed by atoms with van der Waals surface area (Å²) in [5.41, 5.74) is 2.18. The van der Waals surface area contributed by atoms with Crippen molar-refractivity contribution in [1.82, 2.24) is 19.7 Å². The quantitative estimate of drug-likeness (QED) is 0.784. The summed E-state index contributed by atoms with van der Waals surface area (Å²) in [7, 11) is 0. The second kappa shape index (κ2) is 6.28. The maximum Gasteiger partial charge on any atom is 0.138 e. The van der Waals surface area contributed by atoms with Crippen molar-refractivity contribution >= 4 is 17.4 Å². The molecule has 0 aliphatic heterocycles. The van der Waals surface area contributed by atoms with Crippen LogP contribution < -0.4 is 5.32 Å². The van der Waals surface area contributed by atoms with Crippen molar-refractivity contribution in [1.29, 1.82) is 0 Å². The molecule has 0 aliphatic carbocycles. The molecule has 0 radical (unpaired) electrons. The van der Waals surface area contributed by atoms with Gasteiger partial charge in [-0.2, -0.15) is 0 Å². The van der Waals surface area contributed by atoms with Crippen LogP contribution in [0.4, 0.5) is 0 Å². The van der Waals surface area contributed by atoms with Crippen molar-refractivity contribution in [2.75, 3.05) is 0 Å². The van der Waals surface area contributed by atoms with Gasteiger partial charge in [-0.25, -0.2) is 4.98 Å². The first-order valence-corrected chi connectivity index (χ1v) is 7.83. The molecule has 108 valence electrons. The van der Waals surface area contributed by atoms with Gasteiger partial charge in [0.2, 0.25) is 0 Å². The van der Waals surface area contributed by atoms with Gasteiger partial charge >= 0.3 is 0 Å². The molecule has 5 heteroatoms. The van der Waals surface area contributed by atoms with E-state index < -0.39 is 0 Å². The number of fused-ring (bicyclic) bond motifs is 1. The molecule has 0 saturated heterocycles. The number of nitrogens with one attached hydrogen (secondary N) is 1. The van der Waals surface area contributed by atoms with Crippen LogP contribution in [0.3, 0.4) is 0 Å². The number of imidazole rings is 1. The van der Waals surface area contributed by atoms with Crippen molar-refractivity contribution in [2.45, 2.75) is 36.4 Å². The van der Waals surface area contributed by atoms with E-state index in [1.807, 2.05) is 42.7 Å². The lowest BCUT2D eigenvalue weighted by Crippen LogP contribution is -2.22. The molecule has 0 unspecified atom stereocenters. The van der Waals surface area contributed by atoms with Gasteiger partial charge in [-0.15, -0.1) is 0 Å². The molecular formula is C16H18N4S. The normalized spacial score (nSPS) is 11.4. The zero-order valence-electron chi connectivity index (χ0n) is 12.2. The van der Waals surface area contributed by atoms with Gasteiger partial charge in [0.1, 0.15) is 10.7 Å². The molecule has 3 aromatic rings. The molecule has 3 rings (SSSR count). The highest BCUT2D eigenvalue weighted by Crippen LogP contribution is 2.30. The minimum absolute atomic E-state index is 0.443. The zero-order valence-corrected chi connectivity index (χ0v) is 13.0. The minimum Gasteiger partial charge on any atom is -0.309 e. The maximum atomic E-state index is 4.75. The van der Waals surface area contributed by atoms with Gasteiger partial charge in [0.15, 0.2) is 0 Å². The van der Waals surface area contributed by atoms with Crippen LogP contribution in [-0.2, 0) is 6.54 Å². The lowest BCUT2D eigenvalue weighted by Gasteiger charge is -2.09. The number of hydrogen-bond donors (Lipinski definition) is 1. The van der Waals surface area contributed by atoms with Crippen molar-refractivity contribution in [3.8, 4) is 0 Å². The highest BCUT2D eigenvalue weighted by atomic mass is 32.2. The first-order chi connectivity index (χ1) is 10.2. The molecule has 0 fully saturated rings. The molecule has 1 N–H and O–H groups in total. The monoisotopic (exact) mass is 298 g/mol. The van der Waals surface area contributed by atoms with Crippen LogP contribution >= 0.6 is 11.8 Å². The van der Waals surface area contributed by atoms with Crippen LogP contribution in [0, 0.1) is 0 Å². The van der Waals surface area contributed by atoms with Crippen LogP contribution in [0.25, 0.3) is 5.65 Å². The number of nitrogens with zero attached hydrogens (tertiary/aromatic N) is 3. The molecule has 0 aromatic carbocycles. The Kier molecular flexibility index (Phi) is 4.22. The molecule has 21 heavy (non-hydrogen) atoms. The Morgan fingerprint density at radius 1 is 1.19 bits per heavy atom. The van der Waals surface area contributed by atoms with Gasteiger partial charge in [-0.05, 0) is 24.3 Å². The first-order valence-electron chi connectivity index (χ1n) is 7.01. The summed E-state index contributed by atoms with van der Waals surface area (Å²) >= 11 is 1.68. The summed E-state index contributed by atoms with van der Waals surface area (Å²) in [6, 6.07) is 10.5. The third kappa shape index (κ3) is 3.25. The minimum atomic E-state index is 0.443. The van der Waals surface area contributed by atoms with Gasteiger partial charge < -0.3 is 9.72 Å². The summed E-state index contributed by atoms with van der Waals surface area (Å²) in [5.74, 6) is 0. The second-order valence-electron chi connectivity index (χ2n) is 5.11. The topological polar surface area (TPSA) is 42.2 Å².